The molecular weight excluding hydrogens is 669 g/mol. The second-order valence-electron chi connectivity index (χ2n) is 14.6. The van der Waals surface area contributed by atoms with Crippen molar-refractivity contribution in [3.63, 3.8) is 0 Å². The second kappa shape index (κ2) is 44.7. The fraction of sp³-hybridized carbons (Fsp3) is 0.714. The minimum Gasteiger partial charge on any atom is -0.462 e. The first-order chi connectivity index (χ1) is 26.6. The van der Waals surface area contributed by atoms with E-state index in [1.54, 1.807) is 0 Å². The number of hydrogen-bond donors (Lipinski definition) is 0. The molecule has 5 nitrogen and oxygen atoms in total. The number of carbonyl (C=O) groups excluding carboxylic acids is 2. The first-order valence-corrected chi connectivity index (χ1v) is 22.5. The summed E-state index contributed by atoms with van der Waals surface area (Å²) < 4.78 is 17.2. The van der Waals surface area contributed by atoms with Gasteiger partial charge in [0.2, 0.25) is 0 Å². The van der Waals surface area contributed by atoms with Crippen molar-refractivity contribution < 1.29 is 23.8 Å². The van der Waals surface area contributed by atoms with Gasteiger partial charge in [0.05, 0.1) is 6.61 Å². The predicted octanol–water partition coefficient (Wildman–Crippen LogP) is 14.8. The Morgan fingerprint density at radius 3 is 1.46 bits per heavy atom. The Kier molecular flexibility index (Phi) is 42.5. The van der Waals surface area contributed by atoms with Crippen LogP contribution in [0, 0.1) is 0 Å². The van der Waals surface area contributed by atoms with Gasteiger partial charge in [-0.05, 0) is 89.9 Å². The van der Waals surface area contributed by atoms with Gasteiger partial charge in [0, 0.05) is 19.4 Å². The molecule has 0 bridgehead atoms. The maximum atomic E-state index is 12.7. The average Bonchev–Trinajstić information content (AvgIpc) is 3.17. The van der Waals surface area contributed by atoms with E-state index in [0.717, 1.165) is 64.2 Å². The topological polar surface area (TPSA) is 61.8 Å². The first kappa shape index (κ1) is 51.3. The summed E-state index contributed by atoms with van der Waals surface area (Å²) in [6.45, 7) is 7.55. The summed E-state index contributed by atoms with van der Waals surface area (Å²) >= 11 is 0. The fourth-order valence-electron chi connectivity index (χ4n) is 5.85. The molecule has 0 rings (SSSR count). The number of hydrogen-bond acceptors (Lipinski definition) is 5. The minimum absolute atomic E-state index is 0.0395. The van der Waals surface area contributed by atoms with Crippen LogP contribution in [0.25, 0.3) is 0 Å². The summed E-state index contributed by atoms with van der Waals surface area (Å²) in [6.07, 6.45) is 56.2. The molecule has 0 saturated carbocycles. The van der Waals surface area contributed by atoms with Crippen molar-refractivity contribution in [3.8, 4) is 0 Å². The van der Waals surface area contributed by atoms with Crippen LogP contribution in [0.15, 0.2) is 72.9 Å². The molecule has 0 radical (unpaired) electrons. The SMILES string of the molecule is CC/C=C\C/C=C\C/C=C\C/C=C\CCC(=O)OCC(COCCCCCCCC/C=C\CCCC)OC(=O)CCCCCCC/C=C\CCCCCC. The highest BCUT2D eigenvalue weighted by Gasteiger charge is 2.17. The van der Waals surface area contributed by atoms with Crippen molar-refractivity contribution in [2.75, 3.05) is 19.8 Å². The summed E-state index contributed by atoms with van der Waals surface area (Å²) in [5, 5.41) is 0. The van der Waals surface area contributed by atoms with Gasteiger partial charge in [-0.1, -0.05) is 171 Å². The molecule has 1 unspecified atom stereocenters. The molecule has 0 aromatic heterocycles. The first-order valence-electron chi connectivity index (χ1n) is 22.5. The van der Waals surface area contributed by atoms with Crippen molar-refractivity contribution in [3.05, 3.63) is 72.9 Å². The number of esters is 2. The van der Waals surface area contributed by atoms with Crippen LogP contribution in [-0.4, -0.2) is 37.9 Å². The molecule has 0 heterocycles. The molecule has 54 heavy (non-hydrogen) atoms. The highest BCUT2D eigenvalue weighted by molar-refractivity contribution is 5.70. The number of carbonyl (C=O) groups is 2. The standard InChI is InChI=1S/C49H84O5/c1-4-7-10-13-16-19-22-25-27-30-33-36-39-42-48(50)53-46-47(45-52-44-41-38-35-32-29-24-21-18-15-12-9-6-3)54-49(51)43-40-37-34-31-28-26-23-20-17-14-11-8-5-2/h7,10,15-16,18-20,23,25,27,33,36,47H,4-6,8-9,11-14,17,21-22,24,26,28-32,34-35,37-46H2,1-3H3/b10-7-,18-15-,19-16-,23-20-,27-25-,36-33-. The summed E-state index contributed by atoms with van der Waals surface area (Å²) in [7, 11) is 0. The van der Waals surface area contributed by atoms with E-state index in [9.17, 15) is 9.59 Å². The van der Waals surface area contributed by atoms with E-state index in [-0.39, 0.29) is 25.2 Å². The van der Waals surface area contributed by atoms with Gasteiger partial charge in [-0.15, -0.1) is 0 Å². The predicted molar refractivity (Wildman–Crippen MR) is 233 cm³/mol. The van der Waals surface area contributed by atoms with Crippen LogP contribution in [0.2, 0.25) is 0 Å². The zero-order valence-corrected chi connectivity index (χ0v) is 35.5. The average molecular weight is 753 g/mol. The molecule has 0 aliphatic heterocycles. The second-order valence-corrected chi connectivity index (χ2v) is 14.6. The lowest BCUT2D eigenvalue weighted by Crippen LogP contribution is -2.30. The van der Waals surface area contributed by atoms with E-state index in [1.165, 1.54) is 96.3 Å². The highest BCUT2D eigenvalue weighted by atomic mass is 16.6. The molecule has 0 N–H and O–H groups in total. The van der Waals surface area contributed by atoms with Crippen LogP contribution in [0.3, 0.4) is 0 Å². The van der Waals surface area contributed by atoms with Gasteiger partial charge >= 0.3 is 11.9 Å². The molecular formula is C49H84O5. The molecule has 0 amide bonds. The third kappa shape index (κ3) is 42.1. The van der Waals surface area contributed by atoms with E-state index in [4.69, 9.17) is 14.2 Å². The maximum absolute atomic E-state index is 12.7. The molecule has 0 fully saturated rings. The molecule has 0 aromatic rings. The quantitative estimate of drug-likeness (QED) is 0.0354. The van der Waals surface area contributed by atoms with Gasteiger partial charge in [-0.2, -0.15) is 0 Å². The fourth-order valence-corrected chi connectivity index (χ4v) is 5.85. The normalized spacial score (nSPS) is 12.9. The lowest BCUT2D eigenvalue weighted by molar-refractivity contribution is -0.162. The largest absolute Gasteiger partial charge is 0.462 e. The number of allylic oxidation sites excluding steroid dienone is 12. The Hall–Kier alpha value is -2.66. The Balaban J connectivity index is 4.39. The Labute approximate surface area is 334 Å². The van der Waals surface area contributed by atoms with Crippen molar-refractivity contribution in [2.45, 2.75) is 207 Å². The van der Waals surface area contributed by atoms with E-state index in [2.05, 4.69) is 87.6 Å². The molecule has 0 saturated heterocycles. The van der Waals surface area contributed by atoms with Crippen molar-refractivity contribution >= 4 is 11.9 Å². The van der Waals surface area contributed by atoms with Crippen molar-refractivity contribution in [1.29, 1.82) is 0 Å². The smallest absolute Gasteiger partial charge is 0.306 e. The third-order valence-electron chi connectivity index (χ3n) is 9.21. The van der Waals surface area contributed by atoms with Crippen molar-refractivity contribution in [2.24, 2.45) is 0 Å². The van der Waals surface area contributed by atoms with Gasteiger partial charge in [-0.25, -0.2) is 0 Å². The van der Waals surface area contributed by atoms with Gasteiger partial charge in [0.25, 0.3) is 0 Å². The molecule has 0 aliphatic carbocycles. The number of rotatable bonds is 40. The minimum atomic E-state index is -0.571. The van der Waals surface area contributed by atoms with E-state index < -0.39 is 6.10 Å². The summed E-state index contributed by atoms with van der Waals surface area (Å²) in [5.74, 6) is -0.507. The number of unbranched alkanes of at least 4 members (excludes halogenated alkanes) is 17. The van der Waals surface area contributed by atoms with E-state index >= 15 is 0 Å². The zero-order chi connectivity index (χ0) is 39.3. The van der Waals surface area contributed by atoms with Crippen LogP contribution in [0.4, 0.5) is 0 Å². The summed E-state index contributed by atoms with van der Waals surface area (Å²) in [5.41, 5.74) is 0. The Bertz CT molecular complexity index is 988. The third-order valence-corrected chi connectivity index (χ3v) is 9.21. The molecule has 0 spiro atoms. The zero-order valence-electron chi connectivity index (χ0n) is 35.5. The van der Waals surface area contributed by atoms with Crippen molar-refractivity contribution in [1.82, 2.24) is 0 Å². The van der Waals surface area contributed by atoms with Gasteiger partial charge < -0.3 is 14.2 Å². The van der Waals surface area contributed by atoms with Gasteiger partial charge in [0.15, 0.2) is 6.10 Å². The Morgan fingerprint density at radius 2 is 0.889 bits per heavy atom. The maximum Gasteiger partial charge on any atom is 0.306 e. The summed E-state index contributed by atoms with van der Waals surface area (Å²) in [4.78, 5) is 25.2. The molecule has 5 heteroatoms. The lowest BCUT2D eigenvalue weighted by atomic mass is 10.1. The van der Waals surface area contributed by atoms with Crippen LogP contribution in [0.5, 0.6) is 0 Å². The Morgan fingerprint density at radius 1 is 0.426 bits per heavy atom. The monoisotopic (exact) mass is 753 g/mol. The van der Waals surface area contributed by atoms with E-state index in [1.807, 2.05) is 6.08 Å². The van der Waals surface area contributed by atoms with Crippen LogP contribution >= 0.6 is 0 Å². The van der Waals surface area contributed by atoms with Gasteiger partial charge in [-0.3, -0.25) is 9.59 Å². The molecule has 0 aromatic carbocycles. The van der Waals surface area contributed by atoms with Crippen LogP contribution in [0.1, 0.15) is 201 Å². The highest BCUT2D eigenvalue weighted by Crippen LogP contribution is 2.12. The molecule has 0 aliphatic rings. The molecule has 1 atom stereocenters. The van der Waals surface area contributed by atoms with Crippen LogP contribution < -0.4 is 0 Å². The lowest BCUT2D eigenvalue weighted by Gasteiger charge is -2.18. The van der Waals surface area contributed by atoms with Gasteiger partial charge in [0.1, 0.15) is 6.61 Å². The molecule has 310 valence electrons. The van der Waals surface area contributed by atoms with Crippen LogP contribution in [-0.2, 0) is 23.8 Å². The number of ether oxygens (including phenoxy) is 3. The van der Waals surface area contributed by atoms with E-state index in [0.29, 0.717) is 25.9 Å². The summed E-state index contributed by atoms with van der Waals surface area (Å²) in [6, 6.07) is 0.